The van der Waals surface area contributed by atoms with Gasteiger partial charge in [0.15, 0.2) is 0 Å². The zero-order valence-corrected chi connectivity index (χ0v) is 5.80. The summed E-state index contributed by atoms with van der Waals surface area (Å²) < 4.78 is 0. The molecule has 50 valence electrons. The molecule has 0 atom stereocenters. The minimum atomic E-state index is 0. The predicted molar refractivity (Wildman–Crippen MR) is 47.6 cm³/mol. The third-order valence-electron chi connectivity index (χ3n) is 1.38. The van der Waals surface area contributed by atoms with Crippen LogP contribution in [0.1, 0.15) is 18.9 Å². The van der Waals surface area contributed by atoms with Crippen LogP contribution in [-0.4, -0.2) is 29.6 Å². The van der Waals surface area contributed by atoms with Gasteiger partial charge in [0.25, 0.3) is 0 Å². The van der Waals surface area contributed by atoms with Crippen molar-refractivity contribution < 1.29 is 0 Å². The number of benzene rings is 1. The third-order valence-corrected chi connectivity index (χ3v) is 1.38. The van der Waals surface area contributed by atoms with Crippen LogP contribution in [0.2, 0.25) is 0 Å². The molecule has 1 heteroatoms. The summed E-state index contributed by atoms with van der Waals surface area (Å²) in [5, 5.41) is 0. The molecule has 0 radical (unpaired) electrons. The number of hydrogen-bond donors (Lipinski definition) is 0. The molecule has 0 fully saturated rings. The van der Waals surface area contributed by atoms with Crippen molar-refractivity contribution in [2.24, 2.45) is 0 Å². The Hall–Kier alpha value is 0.220. The zero-order chi connectivity index (χ0) is 6.53. The molecule has 0 aromatic heterocycles. The number of rotatable bonds is 2. The summed E-state index contributed by atoms with van der Waals surface area (Å²) in [5.74, 6) is 0. The maximum absolute atomic E-state index is 2.20. The van der Waals surface area contributed by atoms with Gasteiger partial charge in [0, 0.05) is 0 Å². The third kappa shape index (κ3) is 3.40. The summed E-state index contributed by atoms with van der Waals surface area (Å²) in [6.45, 7) is 2.20. The van der Waals surface area contributed by atoms with Crippen LogP contribution in [0.15, 0.2) is 30.3 Å². The molecule has 10 heavy (non-hydrogen) atoms. The summed E-state index contributed by atoms with van der Waals surface area (Å²) in [6, 6.07) is 10.6. The second kappa shape index (κ2) is 5.96. The van der Waals surface area contributed by atoms with E-state index in [2.05, 4.69) is 37.3 Å². The van der Waals surface area contributed by atoms with Gasteiger partial charge in [0.2, 0.25) is 0 Å². The van der Waals surface area contributed by atoms with Crippen LogP contribution in [0.5, 0.6) is 0 Å². The Kier molecular flexibility index (Phi) is 6.10. The van der Waals surface area contributed by atoms with Gasteiger partial charge in [-0.15, -0.1) is 0 Å². The van der Waals surface area contributed by atoms with Crippen LogP contribution in [-0.2, 0) is 6.42 Å². The van der Waals surface area contributed by atoms with Gasteiger partial charge in [-0.2, -0.15) is 0 Å². The Labute approximate surface area is 84.9 Å². The van der Waals surface area contributed by atoms with Gasteiger partial charge in [-0.25, -0.2) is 0 Å². The fourth-order valence-electron chi connectivity index (χ4n) is 0.933. The molecule has 1 rings (SSSR count). The van der Waals surface area contributed by atoms with Crippen LogP contribution in [0, 0.1) is 0 Å². The van der Waals surface area contributed by atoms with Crippen molar-refractivity contribution in [1.82, 2.24) is 0 Å². The van der Waals surface area contributed by atoms with Crippen molar-refractivity contribution in [3.05, 3.63) is 35.9 Å². The average molecular weight is 144 g/mol. The van der Waals surface area contributed by atoms with Crippen LogP contribution in [0.3, 0.4) is 0 Å². The Morgan fingerprint density at radius 2 is 1.70 bits per heavy atom. The molecule has 0 aliphatic heterocycles. The molecule has 1 aromatic rings. The van der Waals surface area contributed by atoms with Gasteiger partial charge in [0.05, 0.1) is 0 Å². The normalized spacial score (nSPS) is 8.50. The summed E-state index contributed by atoms with van der Waals surface area (Å²) in [7, 11) is 0. The molecule has 0 saturated carbocycles. The van der Waals surface area contributed by atoms with Gasteiger partial charge in [-0.05, 0) is 12.0 Å². The molecule has 0 heterocycles. The van der Waals surface area contributed by atoms with E-state index in [0.717, 1.165) is 0 Å². The van der Waals surface area contributed by atoms with Gasteiger partial charge in [0.1, 0.15) is 0 Å². The molecule has 0 aliphatic carbocycles. The van der Waals surface area contributed by atoms with E-state index < -0.39 is 0 Å². The Morgan fingerprint density at radius 3 is 2.20 bits per heavy atom. The van der Waals surface area contributed by atoms with E-state index in [9.17, 15) is 0 Å². The van der Waals surface area contributed by atoms with Crippen molar-refractivity contribution >= 4 is 29.6 Å². The van der Waals surface area contributed by atoms with Gasteiger partial charge in [-0.3, -0.25) is 0 Å². The maximum atomic E-state index is 2.20. The van der Waals surface area contributed by atoms with Crippen molar-refractivity contribution in [1.29, 1.82) is 0 Å². The Morgan fingerprint density at radius 1 is 1.10 bits per heavy atom. The van der Waals surface area contributed by atoms with Crippen molar-refractivity contribution in [3.8, 4) is 0 Å². The fraction of sp³-hybridized carbons (Fsp3) is 0.333. The summed E-state index contributed by atoms with van der Waals surface area (Å²) in [6.07, 6.45) is 2.45. The molecular weight excluding hydrogens is 131 g/mol. The first kappa shape index (κ1) is 10.2. The molecule has 0 nitrogen and oxygen atoms in total. The topological polar surface area (TPSA) is 0 Å². The molecular formula is C9H13Na. The predicted octanol–water partition coefficient (Wildman–Crippen LogP) is 1.99. The molecule has 0 N–H and O–H groups in total. The molecule has 0 saturated heterocycles. The summed E-state index contributed by atoms with van der Waals surface area (Å²) >= 11 is 0. The van der Waals surface area contributed by atoms with Crippen LogP contribution in [0.25, 0.3) is 0 Å². The second-order valence-corrected chi connectivity index (χ2v) is 2.24. The standard InChI is InChI=1S/C9H12.Na.H/c1-2-6-9-7-4-3-5-8-9;;/h3-5,7-8H,2,6H2,1H3;;. The zero-order valence-electron chi connectivity index (χ0n) is 5.80. The van der Waals surface area contributed by atoms with Crippen LogP contribution in [0.4, 0.5) is 0 Å². The van der Waals surface area contributed by atoms with E-state index in [4.69, 9.17) is 0 Å². The van der Waals surface area contributed by atoms with E-state index in [1.165, 1.54) is 18.4 Å². The van der Waals surface area contributed by atoms with Gasteiger partial charge in [-0.1, -0.05) is 43.7 Å². The molecule has 0 unspecified atom stereocenters. The number of hydrogen-bond acceptors (Lipinski definition) is 0. The minimum absolute atomic E-state index is 0. The monoisotopic (exact) mass is 144 g/mol. The van der Waals surface area contributed by atoms with Crippen molar-refractivity contribution in [3.63, 3.8) is 0 Å². The van der Waals surface area contributed by atoms with Crippen molar-refractivity contribution in [2.75, 3.05) is 0 Å². The fourth-order valence-corrected chi connectivity index (χ4v) is 0.933. The summed E-state index contributed by atoms with van der Waals surface area (Å²) in [4.78, 5) is 0. The van der Waals surface area contributed by atoms with E-state index in [-0.39, 0.29) is 29.6 Å². The Bertz CT molecular complexity index is 158. The SMILES string of the molecule is CCCc1ccccc1.[NaH]. The van der Waals surface area contributed by atoms with Gasteiger partial charge < -0.3 is 0 Å². The quantitative estimate of drug-likeness (QED) is 0.557. The average Bonchev–Trinajstić information content (AvgIpc) is 1.91. The molecule has 0 amide bonds. The van der Waals surface area contributed by atoms with E-state index in [1.54, 1.807) is 0 Å². The first-order chi connectivity index (χ1) is 4.43. The van der Waals surface area contributed by atoms with E-state index >= 15 is 0 Å². The Balaban J connectivity index is 0.000000810. The second-order valence-electron chi connectivity index (χ2n) is 2.24. The molecule has 0 aliphatic rings. The number of aryl methyl sites for hydroxylation is 1. The van der Waals surface area contributed by atoms with Crippen molar-refractivity contribution in [2.45, 2.75) is 19.8 Å². The van der Waals surface area contributed by atoms with Gasteiger partial charge >= 0.3 is 29.6 Å². The first-order valence-corrected chi connectivity index (χ1v) is 3.47. The first-order valence-electron chi connectivity index (χ1n) is 3.47. The molecule has 0 bridgehead atoms. The van der Waals surface area contributed by atoms with E-state index in [1.807, 2.05) is 0 Å². The van der Waals surface area contributed by atoms with E-state index in [0.29, 0.717) is 0 Å². The molecule has 0 spiro atoms. The summed E-state index contributed by atoms with van der Waals surface area (Å²) in [5.41, 5.74) is 1.44. The van der Waals surface area contributed by atoms with Crippen LogP contribution >= 0.6 is 0 Å². The molecule has 1 aromatic carbocycles. The van der Waals surface area contributed by atoms with Crippen LogP contribution < -0.4 is 0 Å².